The van der Waals surface area contributed by atoms with Gasteiger partial charge in [0.1, 0.15) is 18.8 Å². The fourth-order valence-corrected chi connectivity index (χ4v) is 8.14. The molecule has 0 aromatic carbocycles. The molecule has 0 aromatic heterocycles. The summed E-state index contributed by atoms with van der Waals surface area (Å²) >= 11 is 0. The lowest BCUT2D eigenvalue weighted by molar-refractivity contribution is -0.301. The molecule has 0 spiro atoms. The normalized spacial score (nSPS) is 18.8. The molecule has 12 heteroatoms. The minimum atomic E-state index is -1.95. The van der Waals surface area contributed by atoms with Gasteiger partial charge in [-0.3, -0.25) is 14.4 Å². The summed E-state index contributed by atoms with van der Waals surface area (Å²) in [7, 11) is 0. The van der Waals surface area contributed by atoms with Crippen molar-refractivity contribution in [3.05, 3.63) is 170 Å². The van der Waals surface area contributed by atoms with E-state index in [0.717, 1.165) is 135 Å². The Morgan fingerprint density at radius 2 is 0.747 bits per heavy atom. The van der Waals surface area contributed by atoms with Crippen molar-refractivity contribution in [1.29, 1.82) is 0 Å². The summed E-state index contributed by atoms with van der Waals surface area (Å²) in [6, 6.07) is 0. The van der Waals surface area contributed by atoms with E-state index in [9.17, 15) is 34.5 Å². The smallest absolute Gasteiger partial charge is 0.335 e. The number of aliphatic carboxylic acids is 1. The summed E-state index contributed by atoms with van der Waals surface area (Å²) in [6.45, 7) is 5.56. The second kappa shape index (κ2) is 56.6. The van der Waals surface area contributed by atoms with Crippen LogP contribution < -0.4 is 0 Å². The van der Waals surface area contributed by atoms with E-state index in [2.05, 4.69) is 173 Å². The third-order valence-electron chi connectivity index (χ3n) is 12.8. The summed E-state index contributed by atoms with van der Waals surface area (Å²) < 4.78 is 28.3. The van der Waals surface area contributed by atoms with Crippen LogP contribution in [0.15, 0.2) is 170 Å². The summed E-state index contributed by atoms with van der Waals surface area (Å²) in [4.78, 5) is 51.2. The van der Waals surface area contributed by atoms with E-state index in [-0.39, 0.29) is 25.9 Å². The SMILES string of the molecule is CC/C=C\C/C=C\C/C=C\C/C=C\C/C=C\C/C=C\CCC(=O)OC1C(OCC(COC(=O)CCCCCCCC/C=C\C/C=C\C/C=C\C/C=C\CC)OC(=O)CCCC/C=C\C/C=C\C/C=C\C/C=C\CC)OC(C(=O)O)C(O)C1O. The van der Waals surface area contributed by atoms with Crippen molar-refractivity contribution < 1.29 is 58.2 Å². The number of ether oxygens (including phenoxy) is 5. The topological polar surface area (TPSA) is 175 Å². The van der Waals surface area contributed by atoms with E-state index in [1.807, 2.05) is 18.2 Å². The Labute approximate surface area is 500 Å². The number of allylic oxidation sites excluding steroid dienone is 28. The van der Waals surface area contributed by atoms with Crippen LogP contribution in [-0.4, -0.2) is 89.2 Å². The van der Waals surface area contributed by atoms with Gasteiger partial charge in [0, 0.05) is 19.3 Å². The number of carboxylic acid groups (broad SMARTS) is 1. The second-order valence-corrected chi connectivity index (χ2v) is 20.2. The van der Waals surface area contributed by atoms with Crippen molar-refractivity contribution >= 4 is 23.9 Å². The molecule has 1 heterocycles. The Balaban J connectivity index is 2.76. The van der Waals surface area contributed by atoms with Gasteiger partial charge in [0.25, 0.3) is 0 Å². The fraction of sp³-hybridized carbons (Fsp3) is 0.549. The number of hydrogen-bond donors (Lipinski definition) is 3. The molecule has 1 aliphatic rings. The van der Waals surface area contributed by atoms with Crippen LogP contribution in [0.1, 0.15) is 201 Å². The summed E-state index contributed by atoms with van der Waals surface area (Å²) in [5, 5.41) is 31.5. The van der Waals surface area contributed by atoms with Gasteiger partial charge in [-0.05, 0) is 135 Å². The highest BCUT2D eigenvalue weighted by Crippen LogP contribution is 2.26. The standard InChI is InChI=1S/C71H106O12/c1-4-7-10-13-16-19-22-25-28-30-32-34-37-39-42-45-48-51-54-57-63(72)79-60-62(81-64(73)58-55-52-49-46-43-40-36-27-24-21-18-15-12-9-6-3)61-80-71-69(67(76)66(75)68(83-71)70(77)78)82-65(74)59-56-53-50-47-44-41-38-35-33-31-29-26-23-20-17-14-11-8-5-2/h7-12,16-21,25-29,32-36,41,43-44,46,50,53,62,66-69,71,75-76H,4-6,13-15,22-24,30-31,37-40,42,45,47-49,51-52,54-61H2,1-3H3,(H,77,78)/b10-7-,11-8-,12-9-,19-16-,20-17-,21-18-,28-25-,29-26-,34-32-,35-33-,36-27-,44-41-,46-43-,53-50-. The lowest BCUT2D eigenvalue weighted by Crippen LogP contribution is -2.61. The Bertz CT molecular complexity index is 2090. The average Bonchev–Trinajstić information content (AvgIpc) is 3.60. The maximum absolute atomic E-state index is 13.2. The largest absolute Gasteiger partial charge is 0.479 e. The Hall–Kier alpha value is -5.92. The van der Waals surface area contributed by atoms with E-state index in [1.165, 1.54) is 0 Å². The molecular formula is C71H106O12. The van der Waals surface area contributed by atoms with E-state index < -0.39 is 67.3 Å². The monoisotopic (exact) mass is 1150 g/mol. The predicted molar refractivity (Wildman–Crippen MR) is 339 cm³/mol. The highest BCUT2D eigenvalue weighted by Gasteiger charge is 2.50. The van der Waals surface area contributed by atoms with Gasteiger partial charge in [-0.1, -0.05) is 217 Å². The molecule has 0 aliphatic carbocycles. The molecule has 12 nitrogen and oxygen atoms in total. The molecule has 0 amide bonds. The molecule has 1 aliphatic heterocycles. The molecule has 0 bridgehead atoms. The van der Waals surface area contributed by atoms with Gasteiger partial charge >= 0.3 is 23.9 Å². The first-order valence-corrected chi connectivity index (χ1v) is 31.1. The molecule has 1 saturated heterocycles. The lowest BCUT2D eigenvalue weighted by Gasteiger charge is -2.40. The molecule has 6 atom stereocenters. The Kier molecular flexibility index (Phi) is 51.2. The van der Waals surface area contributed by atoms with Gasteiger partial charge in [0.15, 0.2) is 24.6 Å². The molecule has 1 rings (SSSR count). The number of carboxylic acids is 1. The Morgan fingerprint density at radius 3 is 1.17 bits per heavy atom. The second-order valence-electron chi connectivity index (χ2n) is 20.2. The van der Waals surface area contributed by atoms with Crippen molar-refractivity contribution in [2.24, 2.45) is 0 Å². The first-order chi connectivity index (χ1) is 40.6. The minimum absolute atomic E-state index is 0.0816. The number of aliphatic hydroxyl groups is 2. The highest BCUT2D eigenvalue weighted by molar-refractivity contribution is 5.74. The van der Waals surface area contributed by atoms with Crippen molar-refractivity contribution in [2.75, 3.05) is 13.2 Å². The van der Waals surface area contributed by atoms with Crippen LogP contribution in [0.5, 0.6) is 0 Å². The van der Waals surface area contributed by atoms with E-state index in [0.29, 0.717) is 25.7 Å². The zero-order valence-corrected chi connectivity index (χ0v) is 50.9. The molecule has 1 fully saturated rings. The van der Waals surface area contributed by atoms with Gasteiger partial charge in [-0.25, -0.2) is 4.79 Å². The van der Waals surface area contributed by atoms with Crippen LogP contribution >= 0.6 is 0 Å². The molecule has 0 saturated carbocycles. The average molecular weight is 1150 g/mol. The van der Waals surface area contributed by atoms with E-state index in [4.69, 9.17) is 23.7 Å². The number of aliphatic hydroxyl groups excluding tert-OH is 2. The fourth-order valence-electron chi connectivity index (χ4n) is 8.14. The van der Waals surface area contributed by atoms with Crippen LogP contribution in [0.4, 0.5) is 0 Å². The van der Waals surface area contributed by atoms with Crippen molar-refractivity contribution in [1.82, 2.24) is 0 Å². The maximum atomic E-state index is 13.2. The Morgan fingerprint density at radius 1 is 0.398 bits per heavy atom. The summed E-state index contributed by atoms with van der Waals surface area (Å²) in [5.41, 5.74) is 0. The van der Waals surface area contributed by atoms with Gasteiger partial charge in [-0.2, -0.15) is 0 Å². The van der Waals surface area contributed by atoms with Crippen molar-refractivity contribution in [3.63, 3.8) is 0 Å². The van der Waals surface area contributed by atoms with E-state index >= 15 is 0 Å². The van der Waals surface area contributed by atoms with Gasteiger partial charge < -0.3 is 39.0 Å². The van der Waals surface area contributed by atoms with Gasteiger partial charge in [-0.15, -0.1) is 0 Å². The first-order valence-electron chi connectivity index (χ1n) is 31.1. The lowest BCUT2D eigenvalue weighted by atomic mass is 9.98. The number of carbonyl (C=O) groups excluding carboxylic acids is 3. The number of unbranched alkanes of at least 4 members (excludes halogenated alkanes) is 8. The third-order valence-corrected chi connectivity index (χ3v) is 12.8. The van der Waals surface area contributed by atoms with Crippen LogP contribution in [0.2, 0.25) is 0 Å². The maximum Gasteiger partial charge on any atom is 0.335 e. The van der Waals surface area contributed by atoms with Gasteiger partial charge in [0.05, 0.1) is 6.61 Å². The third kappa shape index (κ3) is 46.2. The van der Waals surface area contributed by atoms with Crippen LogP contribution in [0.3, 0.4) is 0 Å². The molecule has 83 heavy (non-hydrogen) atoms. The molecule has 6 unspecified atom stereocenters. The zero-order valence-electron chi connectivity index (χ0n) is 50.9. The molecule has 3 N–H and O–H groups in total. The summed E-state index contributed by atoms with van der Waals surface area (Å²) in [6.07, 6.45) is 71.8. The number of carbonyl (C=O) groups is 4. The van der Waals surface area contributed by atoms with Crippen LogP contribution in [0, 0.1) is 0 Å². The first kappa shape index (κ1) is 75.1. The van der Waals surface area contributed by atoms with Crippen molar-refractivity contribution in [3.8, 4) is 0 Å². The van der Waals surface area contributed by atoms with Crippen molar-refractivity contribution in [2.45, 2.75) is 237 Å². The molecular weight excluding hydrogens is 1040 g/mol. The van der Waals surface area contributed by atoms with Crippen LogP contribution in [-0.2, 0) is 42.9 Å². The number of esters is 3. The number of hydrogen-bond acceptors (Lipinski definition) is 11. The van der Waals surface area contributed by atoms with Crippen LogP contribution in [0.25, 0.3) is 0 Å². The summed E-state index contributed by atoms with van der Waals surface area (Å²) in [5.74, 6) is -3.34. The van der Waals surface area contributed by atoms with Gasteiger partial charge in [0.2, 0.25) is 0 Å². The zero-order chi connectivity index (χ0) is 60.3. The molecule has 462 valence electrons. The molecule has 0 radical (unpaired) electrons. The molecule has 0 aromatic rings. The highest BCUT2D eigenvalue weighted by atomic mass is 16.7. The van der Waals surface area contributed by atoms with E-state index in [1.54, 1.807) is 0 Å². The quantitative estimate of drug-likeness (QED) is 0.0228. The predicted octanol–water partition coefficient (Wildman–Crippen LogP) is 16.7. The number of rotatable bonds is 50. The minimum Gasteiger partial charge on any atom is -0.479 e.